The first-order chi connectivity index (χ1) is 12.7. The summed E-state index contributed by atoms with van der Waals surface area (Å²) in [5.41, 5.74) is 1.16. The number of nitrogens with one attached hydrogen (secondary N) is 2. The zero-order valence-electron chi connectivity index (χ0n) is 16.3. The number of guanidine groups is 1. The van der Waals surface area contributed by atoms with Gasteiger partial charge in [0.2, 0.25) is 0 Å². The Balaban J connectivity index is 0.00000261. The maximum atomic E-state index is 4.50. The van der Waals surface area contributed by atoms with Crippen LogP contribution in [0.2, 0.25) is 0 Å². The highest BCUT2D eigenvalue weighted by Crippen LogP contribution is 2.27. The van der Waals surface area contributed by atoms with Crippen LogP contribution in [0, 0.1) is 13.8 Å². The normalized spacial score (nSPS) is 16.2. The summed E-state index contributed by atoms with van der Waals surface area (Å²) in [5, 5.41) is 10.3. The van der Waals surface area contributed by atoms with Gasteiger partial charge in [0.25, 0.3) is 0 Å². The Morgan fingerprint density at radius 3 is 2.67 bits per heavy atom. The van der Waals surface area contributed by atoms with Crippen LogP contribution in [0.5, 0.6) is 0 Å². The van der Waals surface area contributed by atoms with Crippen molar-refractivity contribution in [2.24, 2.45) is 4.99 Å². The van der Waals surface area contributed by atoms with E-state index in [0.29, 0.717) is 6.04 Å². The van der Waals surface area contributed by atoms with Gasteiger partial charge in [-0.25, -0.2) is 4.98 Å². The summed E-state index contributed by atoms with van der Waals surface area (Å²) in [6.45, 7) is 8.31. The lowest BCUT2D eigenvalue weighted by Crippen LogP contribution is -2.43. The lowest BCUT2D eigenvalue weighted by atomic mass is 10.2. The van der Waals surface area contributed by atoms with E-state index in [2.05, 4.69) is 56.9 Å². The predicted octanol–water partition coefficient (Wildman–Crippen LogP) is 3.98. The molecular weight excluding hydrogens is 489 g/mol. The van der Waals surface area contributed by atoms with Crippen LogP contribution in [0.3, 0.4) is 0 Å². The van der Waals surface area contributed by atoms with Crippen LogP contribution in [0.4, 0.5) is 0 Å². The standard InChI is InChI=1S/C19H29N5S2.HI/c1-14-17(26-15(2)23-14)8-9-21-19(20-3)22-13-16(18-7-6-12-25-18)24-10-4-5-11-24;/h6-7,12,16H,4-5,8-11,13H2,1-3H3,(H2,20,21,22);1H. The van der Waals surface area contributed by atoms with Crippen molar-refractivity contribution in [3.63, 3.8) is 0 Å². The quantitative estimate of drug-likeness (QED) is 0.330. The number of nitrogens with zero attached hydrogens (tertiary/aromatic N) is 3. The van der Waals surface area contributed by atoms with Gasteiger partial charge in [0, 0.05) is 36.3 Å². The van der Waals surface area contributed by atoms with Crippen LogP contribution in [0.25, 0.3) is 0 Å². The van der Waals surface area contributed by atoms with Crippen LogP contribution in [0.15, 0.2) is 22.5 Å². The Bertz CT molecular complexity index is 708. The van der Waals surface area contributed by atoms with Crippen LogP contribution >= 0.6 is 46.7 Å². The van der Waals surface area contributed by atoms with E-state index in [0.717, 1.165) is 36.2 Å². The summed E-state index contributed by atoms with van der Waals surface area (Å²) in [5.74, 6) is 0.879. The second-order valence-corrected chi connectivity index (χ2v) is 8.91. The summed E-state index contributed by atoms with van der Waals surface area (Å²) in [4.78, 5) is 14.3. The number of aliphatic imine (C=N–C) groups is 1. The highest BCUT2D eigenvalue weighted by molar-refractivity contribution is 14.0. The summed E-state index contributed by atoms with van der Waals surface area (Å²) in [6.07, 6.45) is 3.60. The molecule has 1 fully saturated rings. The van der Waals surface area contributed by atoms with Crippen molar-refractivity contribution >= 4 is 52.6 Å². The van der Waals surface area contributed by atoms with Crippen molar-refractivity contribution < 1.29 is 0 Å². The maximum Gasteiger partial charge on any atom is 0.191 e. The molecule has 0 amide bonds. The van der Waals surface area contributed by atoms with E-state index >= 15 is 0 Å². The SMILES string of the molecule is CN=C(NCCc1sc(C)nc1C)NCC(c1cccs1)N1CCCC1.I. The summed E-state index contributed by atoms with van der Waals surface area (Å²) in [7, 11) is 1.84. The molecule has 1 aliphatic heterocycles. The molecule has 3 heterocycles. The molecule has 1 aliphatic rings. The zero-order valence-corrected chi connectivity index (χ0v) is 20.3. The number of hydrogen-bond acceptors (Lipinski definition) is 5. The first-order valence-electron chi connectivity index (χ1n) is 9.32. The van der Waals surface area contributed by atoms with E-state index in [-0.39, 0.29) is 24.0 Å². The number of aromatic nitrogens is 1. The number of rotatable bonds is 7. The number of likely N-dealkylation sites (tertiary alicyclic amines) is 1. The van der Waals surface area contributed by atoms with Crippen LogP contribution in [-0.4, -0.2) is 49.1 Å². The van der Waals surface area contributed by atoms with Gasteiger partial charge in [0.05, 0.1) is 16.7 Å². The molecule has 5 nitrogen and oxygen atoms in total. The lowest BCUT2D eigenvalue weighted by Gasteiger charge is -2.27. The van der Waals surface area contributed by atoms with Gasteiger partial charge in [-0.3, -0.25) is 9.89 Å². The molecule has 1 saturated heterocycles. The van der Waals surface area contributed by atoms with Crippen molar-refractivity contribution in [2.45, 2.75) is 39.2 Å². The third-order valence-electron chi connectivity index (χ3n) is 4.78. The fraction of sp³-hybridized carbons (Fsp3) is 0.579. The van der Waals surface area contributed by atoms with Crippen molar-refractivity contribution in [3.05, 3.63) is 38.0 Å². The topological polar surface area (TPSA) is 52.6 Å². The molecule has 0 spiro atoms. The molecular formula is C19H30IN5S2. The molecule has 1 atom stereocenters. The van der Waals surface area contributed by atoms with Gasteiger partial charge in [-0.1, -0.05) is 6.07 Å². The summed E-state index contributed by atoms with van der Waals surface area (Å²) < 4.78 is 0. The molecule has 0 radical (unpaired) electrons. The minimum absolute atomic E-state index is 0. The molecule has 3 rings (SSSR count). The molecule has 1 unspecified atom stereocenters. The van der Waals surface area contributed by atoms with Gasteiger partial charge >= 0.3 is 0 Å². The van der Waals surface area contributed by atoms with Gasteiger partial charge in [-0.05, 0) is 51.2 Å². The van der Waals surface area contributed by atoms with Gasteiger partial charge in [0.15, 0.2) is 5.96 Å². The first kappa shape index (κ1) is 22.6. The highest BCUT2D eigenvalue weighted by Gasteiger charge is 2.24. The van der Waals surface area contributed by atoms with Crippen molar-refractivity contribution in [1.29, 1.82) is 0 Å². The molecule has 0 aromatic carbocycles. The molecule has 8 heteroatoms. The first-order valence-corrected chi connectivity index (χ1v) is 11.0. The Labute approximate surface area is 187 Å². The molecule has 2 aromatic rings. The van der Waals surface area contributed by atoms with E-state index in [1.54, 1.807) is 11.3 Å². The summed E-state index contributed by atoms with van der Waals surface area (Å²) in [6, 6.07) is 4.83. The molecule has 2 N–H and O–H groups in total. The number of halogens is 1. The second kappa shape index (κ2) is 11.3. The second-order valence-electron chi connectivity index (χ2n) is 6.65. The lowest BCUT2D eigenvalue weighted by molar-refractivity contribution is 0.249. The Hall–Kier alpha value is -0.710. The fourth-order valence-electron chi connectivity index (χ4n) is 3.46. The molecule has 150 valence electrons. The van der Waals surface area contributed by atoms with Crippen LogP contribution in [0.1, 0.15) is 39.3 Å². The van der Waals surface area contributed by atoms with E-state index in [1.165, 1.54) is 35.7 Å². The maximum absolute atomic E-state index is 4.50. The molecule has 2 aromatic heterocycles. The molecule has 27 heavy (non-hydrogen) atoms. The smallest absolute Gasteiger partial charge is 0.191 e. The molecule has 0 aliphatic carbocycles. The monoisotopic (exact) mass is 519 g/mol. The van der Waals surface area contributed by atoms with E-state index < -0.39 is 0 Å². The zero-order chi connectivity index (χ0) is 18.4. The average molecular weight is 520 g/mol. The van der Waals surface area contributed by atoms with Gasteiger partial charge < -0.3 is 10.6 Å². The average Bonchev–Trinajstić information content (AvgIpc) is 3.37. The van der Waals surface area contributed by atoms with Gasteiger partial charge in [-0.15, -0.1) is 46.7 Å². The van der Waals surface area contributed by atoms with E-state index in [9.17, 15) is 0 Å². The number of thiophene rings is 1. The fourth-order valence-corrected chi connectivity index (χ4v) is 5.26. The Morgan fingerprint density at radius 1 is 1.30 bits per heavy atom. The minimum atomic E-state index is 0. The van der Waals surface area contributed by atoms with Crippen molar-refractivity contribution in [1.82, 2.24) is 20.5 Å². The van der Waals surface area contributed by atoms with Gasteiger partial charge in [0.1, 0.15) is 0 Å². The molecule has 0 saturated carbocycles. The number of thiazole rings is 1. The van der Waals surface area contributed by atoms with E-state index in [1.807, 2.05) is 18.4 Å². The minimum Gasteiger partial charge on any atom is -0.356 e. The number of hydrogen-bond donors (Lipinski definition) is 2. The Kier molecular flexibility index (Phi) is 9.47. The summed E-state index contributed by atoms with van der Waals surface area (Å²) >= 11 is 3.64. The van der Waals surface area contributed by atoms with Crippen molar-refractivity contribution in [2.75, 3.05) is 33.2 Å². The third-order valence-corrected chi connectivity index (χ3v) is 6.89. The van der Waals surface area contributed by atoms with Crippen LogP contribution in [-0.2, 0) is 6.42 Å². The molecule has 0 bridgehead atoms. The predicted molar refractivity (Wildman–Crippen MR) is 128 cm³/mol. The van der Waals surface area contributed by atoms with Crippen molar-refractivity contribution in [3.8, 4) is 0 Å². The van der Waals surface area contributed by atoms with Crippen LogP contribution < -0.4 is 10.6 Å². The highest BCUT2D eigenvalue weighted by atomic mass is 127. The number of aryl methyl sites for hydroxylation is 2. The Morgan fingerprint density at radius 2 is 2.07 bits per heavy atom. The largest absolute Gasteiger partial charge is 0.356 e. The van der Waals surface area contributed by atoms with Gasteiger partial charge in [-0.2, -0.15) is 0 Å². The van der Waals surface area contributed by atoms with E-state index in [4.69, 9.17) is 0 Å². The third kappa shape index (κ3) is 6.40.